The average molecular weight is 277 g/mol. The summed E-state index contributed by atoms with van der Waals surface area (Å²) in [6, 6.07) is 1.34. The third kappa shape index (κ3) is 2.76. The highest BCUT2D eigenvalue weighted by atomic mass is 32.1. The molecule has 0 aliphatic carbocycles. The van der Waals surface area contributed by atoms with E-state index in [2.05, 4.69) is 15.3 Å². The molecule has 0 aromatic carbocycles. The molecule has 2 aromatic heterocycles. The number of rotatable bonds is 3. The Hall–Kier alpha value is -2.28. The number of carboxylic acids is 1. The number of aromatic nitrogens is 2. The van der Waals surface area contributed by atoms with E-state index < -0.39 is 5.97 Å². The number of anilines is 1. The molecule has 0 aliphatic heterocycles. The molecular weight excluding hydrogens is 266 g/mol. The fourth-order valence-electron chi connectivity index (χ4n) is 1.60. The molecule has 2 aromatic rings. The summed E-state index contributed by atoms with van der Waals surface area (Å²) in [6.07, 6.45) is 2.67. The van der Waals surface area contributed by atoms with Crippen molar-refractivity contribution in [2.45, 2.75) is 13.8 Å². The van der Waals surface area contributed by atoms with Crippen molar-refractivity contribution in [3.63, 3.8) is 0 Å². The van der Waals surface area contributed by atoms with Gasteiger partial charge in [-0.1, -0.05) is 0 Å². The highest BCUT2D eigenvalue weighted by Crippen LogP contribution is 2.20. The molecule has 7 heteroatoms. The van der Waals surface area contributed by atoms with E-state index in [-0.39, 0.29) is 17.2 Å². The first-order chi connectivity index (χ1) is 8.99. The second-order valence-electron chi connectivity index (χ2n) is 3.83. The SMILES string of the molecule is Cc1nc(C)c(C(=O)Nc2cnccc2C(=O)O)s1. The minimum Gasteiger partial charge on any atom is -0.478 e. The molecule has 1 amide bonds. The van der Waals surface area contributed by atoms with E-state index >= 15 is 0 Å². The van der Waals surface area contributed by atoms with Crippen molar-refractivity contribution in [3.8, 4) is 0 Å². The number of hydrogen-bond donors (Lipinski definition) is 2. The second kappa shape index (κ2) is 5.15. The maximum atomic E-state index is 12.1. The van der Waals surface area contributed by atoms with Crippen LogP contribution in [0.5, 0.6) is 0 Å². The van der Waals surface area contributed by atoms with Crippen LogP contribution in [0, 0.1) is 13.8 Å². The third-order valence-corrected chi connectivity index (χ3v) is 3.48. The summed E-state index contributed by atoms with van der Waals surface area (Å²) >= 11 is 1.26. The van der Waals surface area contributed by atoms with E-state index in [4.69, 9.17) is 5.11 Å². The lowest BCUT2D eigenvalue weighted by molar-refractivity contribution is 0.0698. The molecule has 0 atom stereocenters. The van der Waals surface area contributed by atoms with Gasteiger partial charge in [-0.3, -0.25) is 9.78 Å². The lowest BCUT2D eigenvalue weighted by atomic mass is 10.2. The van der Waals surface area contributed by atoms with Crippen LogP contribution in [0.2, 0.25) is 0 Å². The quantitative estimate of drug-likeness (QED) is 0.896. The van der Waals surface area contributed by atoms with E-state index in [1.54, 1.807) is 13.8 Å². The molecule has 19 heavy (non-hydrogen) atoms. The van der Waals surface area contributed by atoms with Crippen molar-refractivity contribution in [2.75, 3.05) is 5.32 Å². The zero-order chi connectivity index (χ0) is 14.0. The smallest absolute Gasteiger partial charge is 0.337 e. The summed E-state index contributed by atoms with van der Waals surface area (Å²) in [4.78, 5) is 31.5. The molecule has 0 radical (unpaired) electrons. The summed E-state index contributed by atoms with van der Waals surface area (Å²) in [5.74, 6) is -1.49. The summed E-state index contributed by atoms with van der Waals surface area (Å²) in [7, 11) is 0. The summed E-state index contributed by atoms with van der Waals surface area (Å²) in [6.45, 7) is 3.54. The van der Waals surface area contributed by atoms with Crippen LogP contribution in [0.4, 0.5) is 5.69 Å². The maximum absolute atomic E-state index is 12.1. The number of thiazole rings is 1. The van der Waals surface area contributed by atoms with Gasteiger partial charge >= 0.3 is 5.97 Å². The molecule has 2 rings (SSSR count). The third-order valence-electron chi connectivity index (χ3n) is 2.41. The fraction of sp³-hybridized carbons (Fsp3) is 0.167. The monoisotopic (exact) mass is 277 g/mol. The van der Waals surface area contributed by atoms with Crippen molar-refractivity contribution in [1.29, 1.82) is 0 Å². The van der Waals surface area contributed by atoms with Crippen molar-refractivity contribution < 1.29 is 14.7 Å². The van der Waals surface area contributed by atoms with Gasteiger partial charge < -0.3 is 10.4 Å². The Morgan fingerprint density at radius 3 is 2.68 bits per heavy atom. The normalized spacial score (nSPS) is 10.2. The molecular formula is C12H11N3O3S. The minimum absolute atomic E-state index is 0.00207. The van der Waals surface area contributed by atoms with Crippen LogP contribution in [0.15, 0.2) is 18.5 Å². The summed E-state index contributed by atoms with van der Waals surface area (Å²) in [5, 5.41) is 12.4. The number of carboxylic acid groups (broad SMARTS) is 1. The Morgan fingerprint density at radius 2 is 2.11 bits per heavy atom. The number of carbonyl (C=O) groups is 2. The number of amides is 1. The lowest BCUT2D eigenvalue weighted by Gasteiger charge is -2.06. The van der Waals surface area contributed by atoms with Crippen molar-refractivity contribution in [3.05, 3.63) is 39.6 Å². The number of nitrogens with one attached hydrogen (secondary N) is 1. The average Bonchev–Trinajstić information content (AvgIpc) is 2.69. The van der Waals surface area contributed by atoms with Crippen molar-refractivity contribution in [2.24, 2.45) is 0 Å². The maximum Gasteiger partial charge on any atom is 0.337 e. The fourth-order valence-corrected chi connectivity index (χ4v) is 2.42. The number of pyridine rings is 1. The number of aryl methyl sites for hydroxylation is 2. The number of carbonyl (C=O) groups excluding carboxylic acids is 1. The zero-order valence-corrected chi connectivity index (χ0v) is 11.1. The first-order valence-corrected chi connectivity index (χ1v) is 6.23. The Labute approximate surface area is 113 Å². The zero-order valence-electron chi connectivity index (χ0n) is 10.3. The van der Waals surface area contributed by atoms with Gasteiger partial charge in [-0.05, 0) is 19.9 Å². The molecule has 0 saturated carbocycles. The van der Waals surface area contributed by atoms with Crippen molar-refractivity contribution >= 4 is 28.9 Å². The van der Waals surface area contributed by atoms with Gasteiger partial charge in [0.15, 0.2) is 0 Å². The number of aromatic carboxylic acids is 1. The van der Waals surface area contributed by atoms with Crippen LogP contribution in [-0.2, 0) is 0 Å². The van der Waals surface area contributed by atoms with Gasteiger partial charge in [0.1, 0.15) is 4.88 Å². The minimum atomic E-state index is -1.12. The van der Waals surface area contributed by atoms with Gasteiger partial charge in [0.05, 0.1) is 28.1 Å². The summed E-state index contributed by atoms with van der Waals surface area (Å²) < 4.78 is 0. The predicted molar refractivity (Wildman–Crippen MR) is 70.7 cm³/mol. The molecule has 0 spiro atoms. The predicted octanol–water partition coefficient (Wildman–Crippen LogP) is 2.11. The first-order valence-electron chi connectivity index (χ1n) is 5.41. The molecule has 6 nitrogen and oxygen atoms in total. The topological polar surface area (TPSA) is 92.2 Å². The first kappa shape index (κ1) is 13.2. The van der Waals surface area contributed by atoms with Crippen LogP contribution in [0.1, 0.15) is 30.7 Å². The molecule has 98 valence electrons. The van der Waals surface area contributed by atoms with E-state index in [1.165, 1.54) is 29.8 Å². The molecule has 0 fully saturated rings. The molecule has 0 bridgehead atoms. The highest BCUT2D eigenvalue weighted by Gasteiger charge is 2.17. The second-order valence-corrected chi connectivity index (χ2v) is 5.03. The van der Waals surface area contributed by atoms with Crippen LogP contribution >= 0.6 is 11.3 Å². The molecule has 0 unspecified atom stereocenters. The van der Waals surface area contributed by atoms with E-state index in [9.17, 15) is 9.59 Å². The Bertz CT molecular complexity index is 651. The van der Waals surface area contributed by atoms with Gasteiger partial charge in [0.25, 0.3) is 5.91 Å². The van der Waals surface area contributed by atoms with E-state index in [0.717, 1.165) is 5.01 Å². The summed E-state index contributed by atoms with van der Waals surface area (Å²) in [5.41, 5.74) is 0.799. The molecule has 2 N–H and O–H groups in total. The molecule has 0 saturated heterocycles. The Morgan fingerprint density at radius 1 is 1.37 bits per heavy atom. The lowest BCUT2D eigenvalue weighted by Crippen LogP contribution is -2.14. The molecule has 0 aliphatic rings. The van der Waals surface area contributed by atoms with Crippen molar-refractivity contribution in [1.82, 2.24) is 9.97 Å². The van der Waals surface area contributed by atoms with E-state index in [0.29, 0.717) is 10.6 Å². The van der Waals surface area contributed by atoms with Crippen LogP contribution in [0.25, 0.3) is 0 Å². The van der Waals surface area contributed by atoms with Crippen LogP contribution < -0.4 is 5.32 Å². The van der Waals surface area contributed by atoms with Gasteiger partial charge in [-0.25, -0.2) is 9.78 Å². The molecule has 2 heterocycles. The Kier molecular flexibility index (Phi) is 3.57. The van der Waals surface area contributed by atoms with Gasteiger partial charge in [-0.2, -0.15) is 0 Å². The van der Waals surface area contributed by atoms with Gasteiger partial charge in [0, 0.05) is 6.20 Å². The standard InChI is InChI=1S/C12H11N3O3S/c1-6-10(19-7(2)14-6)11(16)15-9-5-13-4-3-8(9)12(17)18/h3-5H,1-2H3,(H,15,16)(H,17,18). The van der Waals surface area contributed by atoms with Crippen LogP contribution in [0.3, 0.4) is 0 Å². The van der Waals surface area contributed by atoms with E-state index in [1.807, 2.05) is 0 Å². The largest absolute Gasteiger partial charge is 0.478 e. The van der Waals surface area contributed by atoms with Crippen LogP contribution in [-0.4, -0.2) is 27.0 Å². The Balaban J connectivity index is 2.29. The number of hydrogen-bond acceptors (Lipinski definition) is 5. The van der Waals surface area contributed by atoms with Gasteiger partial charge in [0.2, 0.25) is 0 Å². The van der Waals surface area contributed by atoms with Gasteiger partial charge in [-0.15, -0.1) is 11.3 Å². The number of nitrogens with zero attached hydrogens (tertiary/aromatic N) is 2. The highest BCUT2D eigenvalue weighted by molar-refractivity contribution is 7.13.